The monoisotopic (exact) mass is 318 g/mol. The van der Waals surface area contributed by atoms with Crippen LogP contribution < -0.4 is 0 Å². The molecular formula is C7H10O10S2. The van der Waals surface area contributed by atoms with Gasteiger partial charge in [0, 0.05) is 0 Å². The van der Waals surface area contributed by atoms with E-state index >= 15 is 0 Å². The summed E-state index contributed by atoms with van der Waals surface area (Å²) in [6, 6.07) is 0. The van der Waals surface area contributed by atoms with Crippen LogP contribution in [0.4, 0.5) is 0 Å². The Kier molecular flexibility index (Phi) is 5.20. The van der Waals surface area contributed by atoms with Gasteiger partial charge in [-0.1, -0.05) is 6.08 Å². The molecule has 0 heterocycles. The Balaban J connectivity index is 6.13. The van der Waals surface area contributed by atoms with Crippen LogP contribution in [-0.4, -0.2) is 58.6 Å². The highest BCUT2D eigenvalue weighted by atomic mass is 32.2. The molecule has 0 amide bonds. The smallest absolute Gasteiger partial charge is 0.325 e. The number of carbonyl (C=O) groups is 2. The fraction of sp³-hybridized carbons (Fsp3) is 0.429. The van der Waals surface area contributed by atoms with Crippen LogP contribution in [0.3, 0.4) is 0 Å². The van der Waals surface area contributed by atoms with Crippen molar-refractivity contribution in [3.63, 3.8) is 0 Å². The van der Waals surface area contributed by atoms with Crippen molar-refractivity contribution in [2.45, 2.75) is 10.5 Å². The Bertz CT molecular complexity index is 585. The molecule has 0 aliphatic heterocycles. The van der Waals surface area contributed by atoms with E-state index in [9.17, 15) is 26.4 Å². The number of aliphatic carboxylic acids is 2. The summed E-state index contributed by atoms with van der Waals surface area (Å²) in [5.41, 5.74) is 0. The van der Waals surface area contributed by atoms with Crippen LogP contribution in [0.5, 0.6) is 0 Å². The SMILES string of the molecule is C=CC(C(C(=O)O)C(C(=O)O)S(=O)(=O)O)S(=O)(=O)O. The summed E-state index contributed by atoms with van der Waals surface area (Å²) in [4.78, 5) is 21.6. The van der Waals surface area contributed by atoms with Gasteiger partial charge in [-0.05, 0) is 0 Å². The van der Waals surface area contributed by atoms with E-state index in [2.05, 4.69) is 6.58 Å². The van der Waals surface area contributed by atoms with Gasteiger partial charge in [0.05, 0.1) is 0 Å². The lowest BCUT2D eigenvalue weighted by Gasteiger charge is -2.22. The molecule has 0 aromatic heterocycles. The van der Waals surface area contributed by atoms with Crippen LogP contribution in [-0.2, 0) is 29.8 Å². The number of carboxylic acids is 2. The molecule has 0 aromatic rings. The first-order valence-electron chi connectivity index (χ1n) is 4.34. The standard InChI is InChI=1S/C7H10O10S2/c1-2-3(18(12,13)14)4(6(8)9)5(7(10)11)19(15,16)17/h2-5H,1H2,(H,8,9)(H,10,11)(H,12,13,14)(H,15,16,17). The molecule has 0 rings (SSSR count). The van der Waals surface area contributed by atoms with E-state index in [0.717, 1.165) is 0 Å². The van der Waals surface area contributed by atoms with E-state index in [1.807, 2.05) is 0 Å². The van der Waals surface area contributed by atoms with Gasteiger partial charge in [-0.25, -0.2) is 0 Å². The van der Waals surface area contributed by atoms with Crippen molar-refractivity contribution in [2.24, 2.45) is 5.92 Å². The first-order valence-corrected chi connectivity index (χ1v) is 7.35. The van der Waals surface area contributed by atoms with E-state index in [1.165, 1.54) is 0 Å². The number of carboxylic acid groups (broad SMARTS) is 2. The maximum atomic E-state index is 10.9. The summed E-state index contributed by atoms with van der Waals surface area (Å²) in [5.74, 6) is -7.11. The molecule has 4 N–H and O–H groups in total. The highest BCUT2D eigenvalue weighted by molar-refractivity contribution is 7.88. The molecule has 10 nitrogen and oxygen atoms in total. The van der Waals surface area contributed by atoms with Crippen molar-refractivity contribution < 1.29 is 45.7 Å². The lowest BCUT2D eigenvalue weighted by Crippen LogP contribution is -2.48. The second-order valence-electron chi connectivity index (χ2n) is 3.35. The third-order valence-electron chi connectivity index (χ3n) is 2.11. The molecule has 0 aliphatic carbocycles. The first kappa shape index (κ1) is 17.5. The van der Waals surface area contributed by atoms with Crippen molar-refractivity contribution in [3.8, 4) is 0 Å². The van der Waals surface area contributed by atoms with Gasteiger partial charge >= 0.3 is 11.9 Å². The van der Waals surface area contributed by atoms with Gasteiger partial charge in [0.1, 0.15) is 11.2 Å². The fourth-order valence-electron chi connectivity index (χ4n) is 1.36. The van der Waals surface area contributed by atoms with Gasteiger partial charge in [0.25, 0.3) is 20.2 Å². The number of rotatable bonds is 7. The Morgan fingerprint density at radius 2 is 1.37 bits per heavy atom. The van der Waals surface area contributed by atoms with Crippen molar-refractivity contribution in [1.29, 1.82) is 0 Å². The normalized spacial score (nSPS) is 17.2. The molecule has 110 valence electrons. The van der Waals surface area contributed by atoms with Crippen molar-refractivity contribution in [2.75, 3.05) is 0 Å². The molecule has 0 aliphatic rings. The molecule has 0 aromatic carbocycles. The maximum Gasteiger partial charge on any atom is 0.325 e. The highest BCUT2D eigenvalue weighted by Gasteiger charge is 2.50. The van der Waals surface area contributed by atoms with Crippen LogP contribution in [0.2, 0.25) is 0 Å². The summed E-state index contributed by atoms with van der Waals surface area (Å²) in [6.45, 7) is 2.88. The molecule has 0 radical (unpaired) electrons. The van der Waals surface area contributed by atoms with Gasteiger partial charge in [-0.3, -0.25) is 18.7 Å². The summed E-state index contributed by atoms with van der Waals surface area (Å²) >= 11 is 0. The van der Waals surface area contributed by atoms with Crippen molar-refractivity contribution in [1.82, 2.24) is 0 Å². The zero-order valence-corrected chi connectivity index (χ0v) is 10.7. The molecule has 3 unspecified atom stereocenters. The third-order valence-corrected chi connectivity index (χ3v) is 4.42. The lowest BCUT2D eigenvalue weighted by molar-refractivity contribution is -0.147. The number of hydrogen-bond donors (Lipinski definition) is 4. The number of hydrogen-bond acceptors (Lipinski definition) is 6. The van der Waals surface area contributed by atoms with Crippen LogP contribution in [0.15, 0.2) is 12.7 Å². The molecular weight excluding hydrogens is 308 g/mol. The molecule has 0 saturated carbocycles. The molecule has 0 spiro atoms. The predicted molar refractivity (Wildman–Crippen MR) is 59.6 cm³/mol. The minimum atomic E-state index is -5.43. The largest absolute Gasteiger partial charge is 0.481 e. The van der Waals surface area contributed by atoms with Crippen LogP contribution in [0.25, 0.3) is 0 Å². The van der Waals surface area contributed by atoms with Gasteiger partial charge in [0.2, 0.25) is 0 Å². The van der Waals surface area contributed by atoms with Gasteiger partial charge in [-0.15, -0.1) is 6.58 Å². The zero-order chi connectivity index (χ0) is 15.6. The van der Waals surface area contributed by atoms with Gasteiger partial charge in [-0.2, -0.15) is 16.8 Å². The third kappa shape index (κ3) is 4.27. The molecule has 0 bridgehead atoms. The van der Waals surface area contributed by atoms with E-state index in [4.69, 9.17) is 19.3 Å². The van der Waals surface area contributed by atoms with Crippen LogP contribution in [0.1, 0.15) is 0 Å². The second kappa shape index (κ2) is 5.64. The predicted octanol–water partition coefficient (Wildman–Crippen LogP) is -1.53. The van der Waals surface area contributed by atoms with Crippen molar-refractivity contribution in [3.05, 3.63) is 12.7 Å². The Labute approximate surface area is 107 Å². The summed E-state index contributed by atoms with van der Waals surface area (Å²) < 4.78 is 61.0. The summed E-state index contributed by atoms with van der Waals surface area (Å²) in [5, 5.41) is 12.0. The maximum absolute atomic E-state index is 10.9. The second-order valence-corrected chi connectivity index (χ2v) is 6.47. The molecule has 0 saturated heterocycles. The Morgan fingerprint density at radius 1 is 0.947 bits per heavy atom. The highest BCUT2D eigenvalue weighted by Crippen LogP contribution is 2.23. The average molecular weight is 318 g/mol. The van der Waals surface area contributed by atoms with Crippen molar-refractivity contribution >= 4 is 32.2 Å². The molecule has 3 atom stereocenters. The van der Waals surface area contributed by atoms with Gasteiger partial charge in [0.15, 0.2) is 5.25 Å². The Hall–Kier alpha value is -1.50. The molecule has 12 heteroatoms. The van der Waals surface area contributed by atoms with Crippen LogP contribution in [0, 0.1) is 5.92 Å². The lowest BCUT2D eigenvalue weighted by atomic mass is 10.0. The summed E-state index contributed by atoms with van der Waals surface area (Å²) in [7, 11) is -10.6. The van der Waals surface area contributed by atoms with E-state index in [0.29, 0.717) is 6.08 Å². The van der Waals surface area contributed by atoms with Gasteiger partial charge < -0.3 is 10.2 Å². The Morgan fingerprint density at radius 3 is 1.53 bits per heavy atom. The minimum absolute atomic E-state index is 0.356. The molecule has 19 heavy (non-hydrogen) atoms. The quantitative estimate of drug-likeness (QED) is 0.317. The zero-order valence-electron chi connectivity index (χ0n) is 9.07. The molecule has 0 fully saturated rings. The first-order chi connectivity index (χ1) is 8.34. The van der Waals surface area contributed by atoms with E-state index in [-0.39, 0.29) is 0 Å². The topological polar surface area (TPSA) is 183 Å². The van der Waals surface area contributed by atoms with E-state index < -0.39 is 48.6 Å². The summed E-state index contributed by atoms with van der Waals surface area (Å²) in [6.07, 6.45) is 0.356. The van der Waals surface area contributed by atoms with Crippen LogP contribution >= 0.6 is 0 Å². The minimum Gasteiger partial charge on any atom is -0.481 e. The van der Waals surface area contributed by atoms with E-state index in [1.54, 1.807) is 0 Å². The fourth-order valence-corrected chi connectivity index (χ4v) is 3.26. The average Bonchev–Trinajstić information content (AvgIpc) is 2.11.